The van der Waals surface area contributed by atoms with Crippen molar-refractivity contribution in [3.05, 3.63) is 51.0 Å². The summed E-state index contributed by atoms with van der Waals surface area (Å²) in [5, 5.41) is 10.7. The van der Waals surface area contributed by atoms with Gasteiger partial charge in [0, 0.05) is 24.3 Å². The fourth-order valence-corrected chi connectivity index (χ4v) is 3.08. The van der Waals surface area contributed by atoms with Gasteiger partial charge in [-0.3, -0.25) is 0 Å². The Hall–Kier alpha value is -2.26. The van der Waals surface area contributed by atoms with Crippen molar-refractivity contribution in [2.45, 2.75) is 19.3 Å². The van der Waals surface area contributed by atoms with E-state index in [1.807, 2.05) is 12.1 Å². The van der Waals surface area contributed by atoms with Crippen LogP contribution in [0.3, 0.4) is 0 Å². The summed E-state index contributed by atoms with van der Waals surface area (Å²) in [5.41, 5.74) is 0.780. The van der Waals surface area contributed by atoms with Crippen LogP contribution in [0.2, 0.25) is 0 Å². The van der Waals surface area contributed by atoms with Crippen molar-refractivity contribution in [3.63, 3.8) is 0 Å². The summed E-state index contributed by atoms with van der Waals surface area (Å²) in [6.07, 6.45) is 4.70. The summed E-state index contributed by atoms with van der Waals surface area (Å²) in [7, 11) is 3.50. The minimum Gasteiger partial charge on any atom is -0.244 e. The Morgan fingerprint density at radius 2 is 2.00 bits per heavy atom. The molecule has 1 heterocycles. The van der Waals surface area contributed by atoms with Crippen LogP contribution in [0.25, 0.3) is 5.69 Å². The zero-order chi connectivity index (χ0) is 17.3. The molecule has 1 aromatic carbocycles. The van der Waals surface area contributed by atoms with Gasteiger partial charge in [-0.1, -0.05) is 18.2 Å². The highest BCUT2D eigenvalue weighted by molar-refractivity contribution is 9.10. The molecule has 0 atom stereocenters. The summed E-state index contributed by atoms with van der Waals surface area (Å²) < 4.78 is 2.56. The number of nitrogens with zero attached hydrogens (tertiary/aromatic N) is 6. The van der Waals surface area contributed by atoms with Gasteiger partial charge in [-0.2, -0.15) is 4.68 Å². The van der Waals surface area contributed by atoms with E-state index < -0.39 is 11.7 Å². The molecule has 1 aliphatic carbocycles. The van der Waals surface area contributed by atoms with Gasteiger partial charge in [0.15, 0.2) is 0 Å². The second-order valence-electron chi connectivity index (χ2n) is 5.57. The maximum absolute atomic E-state index is 12.8. The Labute approximate surface area is 147 Å². The zero-order valence-electron chi connectivity index (χ0n) is 13.4. The first kappa shape index (κ1) is 16.6. The summed E-state index contributed by atoms with van der Waals surface area (Å²) in [4.78, 5) is 25.4. The third-order valence-corrected chi connectivity index (χ3v) is 4.38. The number of hydrogen-bond donors (Lipinski definition) is 0. The fraction of sp³-hybridized carbons (Fsp3) is 0.333. The maximum Gasteiger partial charge on any atom is 0.377 e. The highest BCUT2D eigenvalue weighted by Gasteiger charge is 2.27. The van der Waals surface area contributed by atoms with Crippen LogP contribution >= 0.6 is 15.9 Å². The van der Waals surface area contributed by atoms with E-state index in [9.17, 15) is 9.59 Å². The van der Waals surface area contributed by atoms with E-state index >= 15 is 0 Å². The molecule has 0 radical (unpaired) electrons. The molecule has 0 saturated carbocycles. The second-order valence-corrected chi connectivity index (χ2v) is 6.42. The number of carbonyl (C=O) groups excluding carboxylic acids is 1. The topological polar surface area (TPSA) is 76.3 Å². The first-order valence-corrected chi connectivity index (χ1v) is 8.30. The van der Waals surface area contributed by atoms with Crippen molar-refractivity contribution in [2.75, 3.05) is 14.1 Å². The monoisotopic (exact) mass is 392 g/mol. The summed E-state index contributed by atoms with van der Waals surface area (Å²) in [6, 6.07) is 6.57. The highest BCUT2D eigenvalue weighted by Crippen LogP contribution is 2.23. The number of hydrogen-bond acceptors (Lipinski definition) is 5. The molecule has 24 heavy (non-hydrogen) atoms. The van der Waals surface area contributed by atoms with Gasteiger partial charge in [0.2, 0.25) is 0 Å². The standard InChI is InChI=1S/C15H17BrN6O2/c1-19(2)22(11-7-3-4-8-11)15(24)21-14(23)20(17-18-21)13-10-6-5-9-12(13)16/h5-7,9-10H,3-4,8H2,1-2H3. The predicted molar refractivity (Wildman–Crippen MR) is 91.6 cm³/mol. The number of rotatable bonds is 3. The third kappa shape index (κ3) is 2.92. The number of halogens is 1. The minimum atomic E-state index is -0.614. The molecule has 8 nitrogen and oxygen atoms in total. The molecule has 0 aliphatic heterocycles. The highest BCUT2D eigenvalue weighted by atomic mass is 79.9. The molecular formula is C15H17BrN6O2. The molecule has 0 unspecified atom stereocenters. The molecule has 1 amide bonds. The molecular weight excluding hydrogens is 376 g/mol. The lowest BCUT2D eigenvalue weighted by molar-refractivity contribution is 0.0909. The van der Waals surface area contributed by atoms with Crippen LogP contribution in [-0.2, 0) is 0 Å². The molecule has 0 spiro atoms. The van der Waals surface area contributed by atoms with Crippen LogP contribution in [0.4, 0.5) is 4.79 Å². The van der Waals surface area contributed by atoms with E-state index in [1.54, 1.807) is 37.3 Å². The van der Waals surface area contributed by atoms with Crippen LogP contribution in [0.1, 0.15) is 19.3 Å². The van der Waals surface area contributed by atoms with Crippen molar-refractivity contribution >= 4 is 22.0 Å². The van der Waals surface area contributed by atoms with Gasteiger partial charge in [-0.25, -0.2) is 19.6 Å². The van der Waals surface area contributed by atoms with Crippen molar-refractivity contribution in [2.24, 2.45) is 0 Å². The van der Waals surface area contributed by atoms with Gasteiger partial charge >= 0.3 is 11.7 Å². The Balaban J connectivity index is 2.00. The predicted octanol–water partition coefficient (Wildman–Crippen LogP) is 2.01. The van der Waals surface area contributed by atoms with Crippen molar-refractivity contribution in [1.82, 2.24) is 29.8 Å². The number of para-hydroxylation sites is 1. The van der Waals surface area contributed by atoms with Crippen molar-refractivity contribution < 1.29 is 4.79 Å². The summed E-state index contributed by atoms with van der Waals surface area (Å²) >= 11 is 3.37. The average molecular weight is 393 g/mol. The number of allylic oxidation sites excluding steroid dienone is 2. The van der Waals surface area contributed by atoms with Gasteiger partial charge in [0.05, 0.1) is 5.69 Å². The van der Waals surface area contributed by atoms with E-state index in [0.29, 0.717) is 10.2 Å². The Morgan fingerprint density at radius 3 is 2.62 bits per heavy atom. The van der Waals surface area contributed by atoms with Crippen LogP contribution in [-0.4, -0.2) is 49.9 Å². The molecule has 3 rings (SSSR count). The maximum atomic E-state index is 12.8. The molecule has 126 valence electrons. The van der Waals surface area contributed by atoms with Gasteiger partial charge in [-0.15, -0.1) is 4.68 Å². The SMILES string of the molecule is CN(C)N(C(=O)n1nnn(-c2ccccc2Br)c1=O)C1=CCCC1. The smallest absolute Gasteiger partial charge is 0.244 e. The number of amides is 1. The molecule has 1 aliphatic rings. The zero-order valence-corrected chi connectivity index (χ0v) is 15.0. The molecule has 0 saturated heterocycles. The normalized spacial score (nSPS) is 14.1. The third-order valence-electron chi connectivity index (χ3n) is 3.71. The van der Waals surface area contributed by atoms with Crippen LogP contribution < -0.4 is 5.69 Å². The Bertz CT molecular complexity index is 854. The summed E-state index contributed by atoms with van der Waals surface area (Å²) in [6.45, 7) is 0. The number of aromatic nitrogens is 4. The molecule has 0 bridgehead atoms. The Morgan fingerprint density at radius 1 is 1.25 bits per heavy atom. The fourth-order valence-electron chi connectivity index (χ4n) is 2.63. The van der Waals surface area contributed by atoms with E-state index in [4.69, 9.17) is 0 Å². The lowest BCUT2D eigenvalue weighted by Gasteiger charge is -2.28. The molecule has 2 aromatic rings. The summed E-state index contributed by atoms with van der Waals surface area (Å²) in [5.74, 6) is 0. The molecule has 0 fully saturated rings. The largest absolute Gasteiger partial charge is 0.377 e. The van der Waals surface area contributed by atoms with E-state index in [0.717, 1.165) is 34.3 Å². The first-order chi connectivity index (χ1) is 11.5. The molecule has 0 N–H and O–H groups in total. The van der Waals surface area contributed by atoms with Crippen LogP contribution in [0, 0.1) is 0 Å². The van der Waals surface area contributed by atoms with Gasteiger partial charge in [-0.05, 0) is 57.8 Å². The number of benzene rings is 1. The number of tetrazole rings is 1. The van der Waals surface area contributed by atoms with Crippen LogP contribution in [0.15, 0.2) is 45.3 Å². The number of hydrazine groups is 1. The lowest BCUT2D eigenvalue weighted by atomic mass is 10.3. The number of carbonyl (C=O) groups is 1. The van der Waals surface area contributed by atoms with E-state index in [-0.39, 0.29) is 0 Å². The quantitative estimate of drug-likeness (QED) is 0.589. The van der Waals surface area contributed by atoms with E-state index in [1.165, 1.54) is 5.01 Å². The van der Waals surface area contributed by atoms with Crippen molar-refractivity contribution in [3.8, 4) is 5.69 Å². The average Bonchev–Trinajstić information content (AvgIpc) is 3.18. The molecule has 9 heteroatoms. The van der Waals surface area contributed by atoms with E-state index in [2.05, 4.69) is 26.4 Å². The van der Waals surface area contributed by atoms with Gasteiger partial charge in [0.25, 0.3) is 0 Å². The van der Waals surface area contributed by atoms with Crippen molar-refractivity contribution in [1.29, 1.82) is 0 Å². The lowest BCUT2D eigenvalue weighted by Crippen LogP contribution is -2.46. The minimum absolute atomic E-state index is 0.526. The van der Waals surface area contributed by atoms with Gasteiger partial charge in [0.1, 0.15) is 0 Å². The molecule has 1 aromatic heterocycles. The first-order valence-electron chi connectivity index (χ1n) is 7.51. The second kappa shape index (κ2) is 6.70. The van der Waals surface area contributed by atoms with Gasteiger partial charge < -0.3 is 0 Å². The van der Waals surface area contributed by atoms with Crippen LogP contribution in [0.5, 0.6) is 0 Å². The Kier molecular flexibility index (Phi) is 4.63.